The molecule has 7 nitrogen and oxygen atoms in total. The Labute approximate surface area is 111 Å². The lowest BCUT2D eigenvalue weighted by molar-refractivity contribution is -0.384. The second-order valence-corrected chi connectivity index (χ2v) is 4.73. The van der Waals surface area contributed by atoms with Gasteiger partial charge in [0.1, 0.15) is 5.69 Å². The van der Waals surface area contributed by atoms with Gasteiger partial charge >= 0.3 is 0 Å². The zero-order valence-corrected chi connectivity index (χ0v) is 11.1. The Kier molecular flexibility index (Phi) is 3.84. The van der Waals surface area contributed by atoms with Crippen LogP contribution >= 0.6 is 0 Å². The zero-order valence-electron chi connectivity index (χ0n) is 11.1. The number of hydrogen-bond acceptors (Lipinski definition) is 4. The smallest absolute Gasteiger partial charge is 0.287 e. The van der Waals surface area contributed by atoms with Crippen molar-refractivity contribution in [1.29, 1.82) is 0 Å². The Morgan fingerprint density at radius 2 is 2.37 bits per heavy atom. The largest absolute Gasteiger partial charge is 0.337 e. The molecule has 1 atom stereocenters. The van der Waals surface area contributed by atoms with E-state index in [0.717, 1.165) is 6.54 Å². The molecule has 1 fully saturated rings. The predicted molar refractivity (Wildman–Crippen MR) is 70.1 cm³/mol. The van der Waals surface area contributed by atoms with Gasteiger partial charge in [0.25, 0.3) is 11.6 Å². The van der Waals surface area contributed by atoms with Crippen molar-refractivity contribution in [2.45, 2.75) is 26.4 Å². The maximum Gasteiger partial charge on any atom is 0.287 e. The summed E-state index contributed by atoms with van der Waals surface area (Å²) in [6.45, 7) is 6.42. The average molecular weight is 266 g/mol. The summed E-state index contributed by atoms with van der Waals surface area (Å²) in [4.78, 5) is 24.5. The van der Waals surface area contributed by atoms with Crippen LogP contribution in [-0.4, -0.2) is 46.0 Å². The molecule has 2 heterocycles. The van der Waals surface area contributed by atoms with Crippen molar-refractivity contribution in [3.63, 3.8) is 0 Å². The highest BCUT2D eigenvalue weighted by atomic mass is 16.6. The van der Waals surface area contributed by atoms with E-state index >= 15 is 0 Å². The highest BCUT2D eigenvalue weighted by Gasteiger charge is 2.26. The molecule has 1 aliphatic rings. The summed E-state index contributed by atoms with van der Waals surface area (Å²) in [5.41, 5.74) is 0.358. The fraction of sp³-hybridized carbons (Fsp3) is 0.583. The van der Waals surface area contributed by atoms with Gasteiger partial charge in [-0.2, -0.15) is 0 Å². The van der Waals surface area contributed by atoms with Gasteiger partial charge in [-0.3, -0.25) is 14.9 Å². The van der Waals surface area contributed by atoms with E-state index in [9.17, 15) is 14.9 Å². The van der Waals surface area contributed by atoms with Gasteiger partial charge in [-0.25, -0.2) is 0 Å². The summed E-state index contributed by atoms with van der Waals surface area (Å²) in [5.74, 6) is -0.136. The molecule has 0 bridgehead atoms. The molecule has 1 amide bonds. The van der Waals surface area contributed by atoms with E-state index in [1.165, 1.54) is 12.3 Å². The molecule has 2 rings (SSSR count). The normalized spacial score (nSPS) is 19.5. The number of hydrogen-bond donors (Lipinski definition) is 1. The third kappa shape index (κ3) is 2.76. The molecule has 0 spiro atoms. The van der Waals surface area contributed by atoms with Crippen LogP contribution in [0.2, 0.25) is 0 Å². The number of nitro groups is 1. The van der Waals surface area contributed by atoms with Crippen LogP contribution in [-0.2, 0) is 6.54 Å². The first-order valence-electron chi connectivity index (χ1n) is 6.40. The second kappa shape index (κ2) is 5.40. The maximum atomic E-state index is 12.4. The Balaban J connectivity index is 2.24. The molecular weight excluding hydrogens is 248 g/mol. The first kappa shape index (κ1) is 13.5. The topological polar surface area (TPSA) is 80.4 Å². The van der Waals surface area contributed by atoms with Gasteiger partial charge in [-0.05, 0) is 13.8 Å². The summed E-state index contributed by atoms with van der Waals surface area (Å²) in [6, 6.07) is 1.61. The van der Waals surface area contributed by atoms with Gasteiger partial charge in [-0.15, -0.1) is 0 Å². The van der Waals surface area contributed by atoms with E-state index < -0.39 is 4.92 Å². The van der Waals surface area contributed by atoms with Crippen molar-refractivity contribution in [2.24, 2.45) is 0 Å². The molecule has 104 valence electrons. The number of carbonyl (C=O) groups excluding carboxylic acids is 1. The monoisotopic (exact) mass is 266 g/mol. The second-order valence-electron chi connectivity index (χ2n) is 4.73. The molecule has 1 aliphatic heterocycles. The molecule has 0 aromatic carbocycles. The van der Waals surface area contributed by atoms with E-state index in [1.54, 1.807) is 9.47 Å². The van der Waals surface area contributed by atoms with Crippen molar-refractivity contribution < 1.29 is 9.72 Å². The summed E-state index contributed by atoms with van der Waals surface area (Å²) in [7, 11) is 0. The van der Waals surface area contributed by atoms with Crippen LogP contribution in [0.3, 0.4) is 0 Å². The Bertz CT molecular complexity index is 497. The third-order valence-electron chi connectivity index (χ3n) is 3.31. The van der Waals surface area contributed by atoms with Gasteiger partial charge in [0.2, 0.25) is 0 Å². The van der Waals surface area contributed by atoms with Gasteiger partial charge in [0.05, 0.1) is 11.1 Å². The molecule has 1 saturated heterocycles. The minimum Gasteiger partial charge on any atom is -0.337 e. The summed E-state index contributed by atoms with van der Waals surface area (Å²) in [5, 5.41) is 14.1. The van der Waals surface area contributed by atoms with E-state index in [4.69, 9.17) is 0 Å². The number of nitrogens with zero attached hydrogens (tertiary/aromatic N) is 3. The van der Waals surface area contributed by atoms with Crippen LogP contribution in [0.25, 0.3) is 0 Å². The molecule has 0 unspecified atom stereocenters. The molecule has 0 radical (unpaired) electrons. The van der Waals surface area contributed by atoms with Crippen molar-refractivity contribution in [3.8, 4) is 0 Å². The number of amides is 1. The highest BCUT2D eigenvalue weighted by molar-refractivity contribution is 5.93. The molecule has 1 aromatic rings. The van der Waals surface area contributed by atoms with Crippen molar-refractivity contribution in [2.75, 3.05) is 19.6 Å². The van der Waals surface area contributed by atoms with E-state index in [1.807, 2.05) is 13.8 Å². The average Bonchev–Trinajstić information content (AvgIpc) is 2.82. The van der Waals surface area contributed by atoms with Crippen LogP contribution in [0.15, 0.2) is 12.3 Å². The summed E-state index contributed by atoms with van der Waals surface area (Å²) < 4.78 is 1.63. The number of carbonyl (C=O) groups is 1. The molecule has 19 heavy (non-hydrogen) atoms. The lowest BCUT2D eigenvalue weighted by Gasteiger charge is -2.32. The SMILES string of the molecule is CCn1cc([N+](=O)[O-])cc1C(=O)N1CCN[C@@H](C)C1. The Morgan fingerprint density at radius 1 is 1.63 bits per heavy atom. The third-order valence-corrected chi connectivity index (χ3v) is 3.31. The number of rotatable bonds is 3. The van der Waals surface area contributed by atoms with Crippen molar-refractivity contribution in [3.05, 3.63) is 28.1 Å². The summed E-state index contributed by atoms with van der Waals surface area (Å²) in [6.07, 6.45) is 1.42. The van der Waals surface area contributed by atoms with E-state index in [0.29, 0.717) is 25.3 Å². The number of aromatic nitrogens is 1. The maximum absolute atomic E-state index is 12.4. The van der Waals surface area contributed by atoms with Crippen LogP contribution in [0.1, 0.15) is 24.3 Å². The summed E-state index contributed by atoms with van der Waals surface area (Å²) >= 11 is 0. The molecule has 7 heteroatoms. The van der Waals surface area contributed by atoms with Gasteiger partial charge in [-0.1, -0.05) is 0 Å². The van der Waals surface area contributed by atoms with Gasteiger partial charge in [0.15, 0.2) is 0 Å². The lowest BCUT2D eigenvalue weighted by atomic mass is 10.2. The standard InChI is InChI=1S/C12H18N4O3/c1-3-14-8-10(16(18)19)6-11(14)12(17)15-5-4-13-9(2)7-15/h6,8-9,13H,3-5,7H2,1-2H3/t9-/m0/s1. The lowest BCUT2D eigenvalue weighted by Crippen LogP contribution is -2.51. The van der Waals surface area contributed by atoms with E-state index in [2.05, 4.69) is 5.32 Å². The fourth-order valence-corrected chi connectivity index (χ4v) is 2.31. The van der Waals surface area contributed by atoms with Crippen LogP contribution < -0.4 is 5.32 Å². The van der Waals surface area contributed by atoms with Crippen LogP contribution in [0.5, 0.6) is 0 Å². The molecule has 1 aromatic heterocycles. The van der Waals surface area contributed by atoms with Gasteiger partial charge in [0, 0.05) is 38.3 Å². The molecular formula is C12H18N4O3. The van der Waals surface area contributed by atoms with Crippen molar-refractivity contribution in [1.82, 2.24) is 14.8 Å². The predicted octanol–water partition coefficient (Wildman–Crippen LogP) is 0.850. The minimum atomic E-state index is -0.469. The fourth-order valence-electron chi connectivity index (χ4n) is 2.31. The number of nitrogens with one attached hydrogen (secondary N) is 1. The van der Waals surface area contributed by atoms with Crippen LogP contribution in [0, 0.1) is 10.1 Å². The molecule has 1 N–H and O–H groups in total. The Morgan fingerprint density at radius 3 is 2.95 bits per heavy atom. The van der Waals surface area contributed by atoms with Crippen molar-refractivity contribution >= 4 is 11.6 Å². The number of piperazine rings is 1. The van der Waals surface area contributed by atoms with Crippen LogP contribution in [0.4, 0.5) is 5.69 Å². The van der Waals surface area contributed by atoms with Gasteiger partial charge < -0.3 is 14.8 Å². The number of aryl methyl sites for hydroxylation is 1. The quantitative estimate of drug-likeness (QED) is 0.649. The minimum absolute atomic E-state index is 0.0339. The zero-order chi connectivity index (χ0) is 14.0. The molecule has 0 saturated carbocycles. The first-order chi connectivity index (χ1) is 9.02. The highest BCUT2D eigenvalue weighted by Crippen LogP contribution is 2.18. The van der Waals surface area contributed by atoms with E-state index in [-0.39, 0.29) is 17.6 Å². The first-order valence-corrected chi connectivity index (χ1v) is 6.40. The molecule has 0 aliphatic carbocycles. The Hall–Kier alpha value is -1.89.